The largest absolute Gasteiger partial charge is 0.573 e. The number of ether oxygens (including phenoxy) is 2. The van der Waals surface area contributed by atoms with Crippen molar-refractivity contribution in [2.45, 2.75) is 26.3 Å². The molecule has 0 aliphatic rings. The molecule has 2 aromatic rings. The van der Waals surface area contributed by atoms with Gasteiger partial charge in [0.1, 0.15) is 11.5 Å². The van der Waals surface area contributed by atoms with Gasteiger partial charge >= 0.3 is 6.36 Å². The summed E-state index contributed by atoms with van der Waals surface area (Å²) in [5, 5.41) is 2.69. The van der Waals surface area contributed by atoms with E-state index in [4.69, 9.17) is 4.74 Å². The van der Waals surface area contributed by atoms with Gasteiger partial charge in [0.25, 0.3) is 0 Å². The van der Waals surface area contributed by atoms with Crippen LogP contribution < -0.4 is 14.8 Å². The van der Waals surface area contributed by atoms with Gasteiger partial charge in [-0.25, -0.2) is 0 Å². The van der Waals surface area contributed by atoms with E-state index in [9.17, 15) is 18.0 Å². The number of amides is 1. The van der Waals surface area contributed by atoms with Crippen molar-refractivity contribution in [1.82, 2.24) is 5.32 Å². The molecule has 0 atom stereocenters. The molecular weight excluding hydrogens is 335 g/mol. The van der Waals surface area contributed by atoms with E-state index in [1.807, 2.05) is 31.2 Å². The van der Waals surface area contributed by atoms with E-state index in [-0.39, 0.29) is 31.2 Å². The van der Waals surface area contributed by atoms with E-state index < -0.39 is 6.36 Å². The Morgan fingerprint density at radius 1 is 1.08 bits per heavy atom. The van der Waals surface area contributed by atoms with Gasteiger partial charge in [-0.2, -0.15) is 0 Å². The highest BCUT2D eigenvalue weighted by molar-refractivity contribution is 5.76. The summed E-state index contributed by atoms with van der Waals surface area (Å²) in [7, 11) is 0. The highest BCUT2D eigenvalue weighted by Crippen LogP contribution is 2.22. The van der Waals surface area contributed by atoms with Crippen molar-refractivity contribution in [3.8, 4) is 11.5 Å². The number of benzene rings is 2. The number of halogens is 3. The minimum atomic E-state index is -4.72. The molecule has 0 fully saturated rings. The number of carbonyl (C=O) groups is 1. The molecule has 7 heteroatoms. The lowest BCUT2D eigenvalue weighted by atomic mass is 10.2. The number of alkyl halides is 3. The number of aryl methyl sites for hydroxylation is 1. The average Bonchev–Trinajstić information content (AvgIpc) is 2.54. The second-order valence-electron chi connectivity index (χ2n) is 5.33. The quantitative estimate of drug-likeness (QED) is 0.819. The number of hydrogen-bond donors (Lipinski definition) is 1. The van der Waals surface area contributed by atoms with Crippen molar-refractivity contribution in [1.29, 1.82) is 0 Å². The van der Waals surface area contributed by atoms with Gasteiger partial charge in [-0.1, -0.05) is 30.3 Å². The second kappa shape index (κ2) is 8.41. The van der Waals surface area contributed by atoms with Gasteiger partial charge in [-0.3, -0.25) is 4.79 Å². The van der Waals surface area contributed by atoms with E-state index in [2.05, 4.69) is 10.1 Å². The minimum absolute atomic E-state index is 0.184. The monoisotopic (exact) mass is 353 g/mol. The minimum Gasteiger partial charge on any atom is -0.493 e. The fraction of sp³-hybridized carbons (Fsp3) is 0.278. The lowest BCUT2D eigenvalue weighted by Crippen LogP contribution is -2.24. The second-order valence-corrected chi connectivity index (χ2v) is 5.33. The molecule has 0 heterocycles. The number of carbonyl (C=O) groups excluding carboxylic acids is 1. The fourth-order valence-electron chi connectivity index (χ4n) is 2.07. The molecule has 0 aromatic heterocycles. The van der Waals surface area contributed by atoms with Crippen LogP contribution in [0.5, 0.6) is 11.5 Å². The van der Waals surface area contributed by atoms with Gasteiger partial charge in [0, 0.05) is 6.54 Å². The Morgan fingerprint density at radius 3 is 2.40 bits per heavy atom. The van der Waals surface area contributed by atoms with Crippen molar-refractivity contribution >= 4 is 5.91 Å². The van der Waals surface area contributed by atoms with Crippen LogP contribution in [0.15, 0.2) is 48.5 Å². The molecule has 4 nitrogen and oxygen atoms in total. The Bertz CT molecular complexity index is 699. The summed E-state index contributed by atoms with van der Waals surface area (Å²) in [6.07, 6.45) is -4.53. The molecule has 2 rings (SSSR count). The van der Waals surface area contributed by atoms with Crippen LogP contribution in [-0.4, -0.2) is 18.9 Å². The van der Waals surface area contributed by atoms with E-state index >= 15 is 0 Å². The molecule has 0 radical (unpaired) electrons. The van der Waals surface area contributed by atoms with E-state index in [0.29, 0.717) is 5.56 Å². The predicted molar refractivity (Wildman–Crippen MR) is 86.3 cm³/mol. The number of nitrogens with one attached hydrogen (secondary N) is 1. The van der Waals surface area contributed by atoms with Crippen LogP contribution in [0, 0.1) is 6.92 Å². The summed E-state index contributed by atoms with van der Waals surface area (Å²) in [6, 6.07) is 12.8. The van der Waals surface area contributed by atoms with Crippen LogP contribution in [-0.2, 0) is 11.3 Å². The maximum Gasteiger partial charge on any atom is 0.573 e. The molecule has 0 unspecified atom stereocenters. The smallest absolute Gasteiger partial charge is 0.493 e. The number of hydrogen-bond acceptors (Lipinski definition) is 3. The van der Waals surface area contributed by atoms with Crippen molar-refractivity contribution in [3.63, 3.8) is 0 Å². The van der Waals surface area contributed by atoms with Crippen LogP contribution in [0.4, 0.5) is 13.2 Å². The van der Waals surface area contributed by atoms with E-state index in [0.717, 1.165) is 11.3 Å². The first-order valence-electron chi connectivity index (χ1n) is 7.63. The Kier molecular flexibility index (Phi) is 6.27. The topological polar surface area (TPSA) is 47.6 Å². The first-order valence-corrected chi connectivity index (χ1v) is 7.63. The molecule has 0 aliphatic carbocycles. The normalized spacial score (nSPS) is 11.0. The molecule has 0 spiro atoms. The van der Waals surface area contributed by atoms with Gasteiger partial charge in [0.2, 0.25) is 5.91 Å². The summed E-state index contributed by atoms with van der Waals surface area (Å²) in [5.41, 5.74) is 1.66. The van der Waals surface area contributed by atoms with Crippen LogP contribution in [0.25, 0.3) is 0 Å². The zero-order valence-corrected chi connectivity index (χ0v) is 13.6. The molecule has 1 N–H and O–H groups in total. The molecule has 0 saturated carbocycles. The van der Waals surface area contributed by atoms with Gasteiger partial charge < -0.3 is 14.8 Å². The van der Waals surface area contributed by atoms with Gasteiger partial charge in [0.15, 0.2) is 0 Å². The number of para-hydroxylation sites is 1. The van der Waals surface area contributed by atoms with Crippen LogP contribution in [0.3, 0.4) is 0 Å². The third-order valence-electron chi connectivity index (χ3n) is 3.33. The predicted octanol–water partition coefficient (Wildman–Crippen LogP) is 3.98. The highest BCUT2D eigenvalue weighted by Gasteiger charge is 2.30. The molecule has 25 heavy (non-hydrogen) atoms. The van der Waals surface area contributed by atoms with Crippen LogP contribution >= 0.6 is 0 Å². The molecule has 2 aromatic carbocycles. The van der Waals surface area contributed by atoms with Crippen LogP contribution in [0.2, 0.25) is 0 Å². The van der Waals surface area contributed by atoms with E-state index in [1.54, 1.807) is 0 Å². The SMILES string of the molecule is Cc1ccccc1OCCC(=O)NCc1ccc(OC(F)(F)F)cc1. The lowest BCUT2D eigenvalue weighted by molar-refractivity contribution is -0.274. The Hall–Kier alpha value is -2.70. The lowest BCUT2D eigenvalue weighted by Gasteiger charge is -2.10. The maximum absolute atomic E-state index is 12.1. The molecule has 0 aliphatic heterocycles. The summed E-state index contributed by atoms with van der Waals surface area (Å²) < 4.78 is 45.5. The summed E-state index contributed by atoms with van der Waals surface area (Å²) >= 11 is 0. The zero-order valence-electron chi connectivity index (χ0n) is 13.6. The maximum atomic E-state index is 12.1. The van der Waals surface area contributed by atoms with Crippen molar-refractivity contribution < 1.29 is 27.4 Å². The third kappa shape index (κ3) is 6.74. The molecule has 134 valence electrons. The molecule has 1 amide bonds. The Labute approximate surface area is 143 Å². The fourth-order valence-corrected chi connectivity index (χ4v) is 2.07. The Morgan fingerprint density at radius 2 is 1.76 bits per heavy atom. The highest BCUT2D eigenvalue weighted by atomic mass is 19.4. The first-order chi connectivity index (χ1) is 11.8. The average molecular weight is 353 g/mol. The van der Waals surface area contributed by atoms with Crippen molar-refractivity contribution in [2.24, 2.45) is 0 Å². The molecule has 0 bridgehead atoms. The molecular formula is C18H18F3NO3. The van der Waals surface area contributed by atoms with Gasteiger partial charge in [0.05, 0.1) is 13.0 Å². The summed E-state index contributed by atoms with van der Waals surface area (Å²) in [5.74, 6) is 0.231. The van der Waals surface area contributed by atoms with Crippen molar-refractivity contribution in [2.75, 3.05) is 6.61 Å². The van der Waals surface area contributed by atoms with Gasteiger partial charge in [-0.05, 0) is 36.2 Å². The third-order valence-corrected chi connectivity index (χ3v) is 3.33. The number of rotatable bonds is 7. The summed E-state index contributed by atoms with van der Waals surface area (Å²) in [6.45, 7) is 2.38. The Balaban J connectivity index is 1.72. The van der Waals surface area contributed by atoms with Crippen molar-refractivity contribution in [3.05, 3.63) is 59.7 Å². The van der Waals surface area contributed by atoms with Gasteiger partial charge in [-0.15, -0.1) is 13.2 Å². The zero-order chi connectivity index (χ0) is 18.3. The molecule has 0 saturated heterocycles. The van der Waals surface area contributed by atoms with Crippen LogP contribution in [0.1, 0.15) is 17.5 Å². The van der Waals surface area contributed by atoms with E-state index in [1.165, 1.54) is 24.3 Å². The standard InChI is InChI=1S/C18H18F3NO3/c1-13-4-2-3-5-16(13)24-11-10-17(23)22-12-14-6-8-15(9-7-14)25-18(19,20)21/h2-9H,10-12H2,1H3,(H,22,23). The first kappa shape index (κ1) is 18.6. The summed E-state index contributed by atoms with van der Waals surface area (Å²) in [4.78, 5) is 11.8.